The second kappa shape index (κ2) is 4.24. The lowest BCUT2D eigenvalue weighted by molar-refractivity contribution is 0.101. The van der Waals surface area contributed by atoms with E-state index in [0.29, 0.717) is 22.2 Å². The van der Waals surface area contributed by atoms with E-state index in [1.807, 2.05) is 0 Å². The van der Waals surface area contributed by atoms with Crippen LogP contribution in [0.1, 0.15) is 16.1 Å². The van der Waals surface area contributed by atoms with Crippen molar-refractivity contribution in [3.8, 4) is 0 Å². The van der Waals surface area contributed by atoms with Gasteiger partial charge in [-0.05, 0) is 48.5 Å². The fourth-order valence-electron chi connectivity index (χ4n) is 1.90. The summed E-state index contributed by atoms with van der Waals surface area (Å²) in [5.74, 6) is -0.429. The first-order valence-electron chi connectivity index (χ1n) is 5.73. The normalized spacial score (nSPS) is 10.8. The summed E-state index contributed by atoms with van der Waals surface area (Å²) >= 11 is 0. The minimum atomic E-state index is -0.361. The molecular formula is C15H10FNO2. The van der Waals surface area contributed by atoms with Crippen molar-refractivity contribution in [1.29, 1.82) is 0 Å². The molecule has 1 heterocycles. The fraction of sp³-hybridized carbons (Fsp3) is 0. The van der Waals surface area contributed by atoms with Crippen LogP contribution in [0.3, 0.4) is 0 Å². The zero-order valence-electron chi connectivity index (χ0n) is 9.89. The number of carbonyl (C=O) groups excluding carboxylic acids is 1. The third kappa shape index (κ3) is 2.08. The van der Waals surface area contributed by atoms with Crippen molar-refractivity contribution in [1.82, 2.24) is 0 Å². The van der Waals surface area contributed by atoms with Crippen LogP contribution in [0.4, 0.5) is 10.1 Å². The first-order valence-corrected chi connectivity index (χ1v) is 5.73. The maximum Gasteiger partial charge on any atom is 0.228 e. The summed E-state index contributed by atoms with van der Waals surface area (Å²) in [7, 11) is 0. The monoisotopic (exact) mass is 255 g/mol. The van der Waals surface area contributed by atoms with Crippen molar-refractivity contribution in [2.75, 3.05) is 5.73 Å². The Morgan fingerprint density at radius 3 is 2.53 bits per heavy atom. The van der Waals surface area contributed by atoms with E-state index in [9.17, 15) is 9.18 Å². The maximum atomic E-state index is 13.1. The summed E-state index contributed by atoms with van der Waals surface area (Å²) in [5.41, 5.74) is 7.12. The number of rotatable bonds is 2. The number of ketones is 1. The lowest BCUT2D eigenvalue weighted by Crippen LogP contribution is -1.99. The van der Waals surface area contributed by atoms with Gasteiger partial charge in [0.05, 0.1) is 0 Å². The van der Waals surface area contributed by atoms with Crippen LogP contribution in [-0.4, -0.2) is 5.78 Å². The van der Waals surface area contributed by atoms with Crippen molar-refractivity contribution in [3.05, 3.63) is 65.7 Å². The maximum absolute atomic E-state index is 13.1. The highest BCUT2D eigenvalue weighted by Crippen LogP contribution is 2.22. The minimum Gasteiger partial charge on any atom is -0.453 e. The first kappa shape index (κ1) is 11.5. The quantitative estimate of drug-likeness (QED) is 0.564. The highest BCUT2D eigenvalue weighted by atomic mass is 19.1. The molecule has 4 heteroatoms. The molecule has 0 aliphatic heterocycles. The molecule has 0 fully saturated rings. The number of hydrogen-bond acceptors (Lipinski definition) is 3. The molecule has 1 aromatic heterocycles. The van der Waals surface area contributed by atoms with Gasteiger partial charge in [0.25, 0.3) is 0 Å². The Labute approximate surface area is 108 Å². The molecule has 0 aliphatic carbocycles. The lowest BCUT2D eigenvalue weighted by atomic mass is 10.1. The fourth-order valence-corrected chi connectivity index (χ4v) is 1.90. The second-order valence-corrected chi connectivity index (χ2v) is 4.24. The number of anilines is 1. The lowest BCUT2D eigenvalue weighted by Gasteiger charge is -1.97. The van der Waals surface area contributed by atoms with E-state index >= 15 is 0 Å². The van der Waals surface area contributed by atoms with E-state index in [2.05, 4.69) is 0 Å². The number of nitrogens with two attached hydrogens (primary N) is 1. The van der Waals surface area contributed by atoms with Crippen molar-refractivity contribution >= 4 is 22.4 Å². The molecule has 0 aliphatic rings. The summed E-state index contributed by atoms with van der Waals surface area (Å²) < 4.78 is 18.5. The average molecular weight is 255 g/mol. The van der Waals surface area contributed by atoms with Crippen molar-refractivity contribution in [3.63, 3.8) is 0 Å². The zero-order valence-corrected chi connectivity index (χ0v) is 9.89. The molecule has 0 atom stereocenters. The van der Waals surface area contributed by atoms with Gasteiger partial charge in [-0.1, -0.05) is 0 Å². The van der Waals surface area contributed by atoms with Crippen LogP contribution in [0.2, 0.25) is 0 Å². The highest BCUT2D eigenvalue weighted by Gasteiger charge is 2.14. The Morgan fingerprint density at radius 2 is 1.79 bits per heavy atom. The van der Waals surface area contributed by atoms with E-state index in [-0.39, 0.29) is 17.4 Å². The highest BCUT2D eigenvalue weighted by molar-refractivity contribution is 6.09. The van der Waals surface area contributed by atoms with Crippen LogP contribution >= 0.6 is 0 Å². The zero-order chi connectivity index (χ0) is 13.4. The average Bonchev–Trinajstić information content (AvgIpc) is 2.81. The molecule has 94 valence electrons. The molecule has 3 rings (SSSR count). The van der Waals surface area contributed by atoms with Gasteiger partial charge in [0.2, 0.25) is 5.78 Å². The number of hydrogen-bond donors (Lipinski definition) is 1. The molecule has 0 unspecified atom stereocenters. The third-order valence-corrected chi connectivity index (χ3v) is 2.88. The number of furan rings is 1. The van der Waals surface area contributed by atoms with Gasteiger partial charge >= 0.3 is 0 Å². The SMILES string of the molecule is Nc1ccc(C(=O)c2cc3cc(F)ccc3o2)cc1. The number of benzene rings is 2. The van der Waals surface area contributed by atoms with Gasteiger partial charge in [-0.2, -0.15) is 0 Å². The Morgan fingerprint density at radius 1 is 1.05 bits per heavy atom. The Balaban J connectivity index is 2.04. The van der Waals surface area contributed by atoms with Crippen LogP contribution in [0.25, 0.3) is 11.0 Å². The number of halogens is 1. The molecule has 0 saturated carbocycles. The second-order valence-electron chi connectivity index (χ2n) is 4.24. The van der Waals surface area contributed by atoms with Gasteiger partial charge in [-0.15, -0.1) is 0 Å². The van der Waals surface area contributed by atoms with Gasteiger partial charge in [0.15, 0.2) is 5.76 Å². The molecule has 19 heavy (non-hydrogen) atoms. The predicted octanol–water partition coefficient (Wildman–Crippen LogP) is 3.39. The Hall–Kier alpha value is -2.62. The molecule has 2 aromatic carbocycles. The van der Waals surface area contributed by atoms with Crippen LogP contribution < -0.4 is 5.73 Å². The topological polar surface area (TPSA) is 56.2 Å². The summed E-state index contributed by atoms with van der Waals surface area (Å²) in [5, 5.41) is 0.568. The van der Waals surface area contributed by atoms with E-state index in [1.165, 1.54) is 24.3 Å². The van der Waals surface area contributed by atoms with Crippen molar-refractivity contribution in [2.24, 2.45) is 0 Å². The van der Waals surface area contributed by atoms with Crippen LogP contribution in [0.5, 0.6) is 0 Å². The van der Waals surface area contributed by atoms with E-state index < -0.39 is 0 Å². The summed E-state index contributed by atoms with van der Waals surface area (Å²) in [6.45, 7) is 0. The molecule has 0 radical (unpaired) electrons. The molecule has 2 N–H and O–H groups in total. The smallest absolute Gasteiger partial charge is 0.228 e. The van der Waals surface area contributed by atoms with Crippen LogP contribution in [-0.2, 0) is 0 Å². The summed E-state index contributed by atoms with van der Waals surface area (Å²) in [6.07, 6.45) is 0. The Kier molecular flexibility index (Phi) is 2.56. The Bertz CT molecular complexity index is 759. The van der Waals surface area contributed by atoms with Gasteiger partial charge in [0, 0.05) is 16.6 Å². The minimum absolute atomic E-state index is 0.186. The first-order chi connectivity index (χ1) is 9.13. The van der Waals surface area contributed by atoms with E-state index in [0.717, 1.165) is 0 Å². The van der Waals surface area contributed by atoms with E-state index in [4.69, 9.17) is 10.2 Å². The molecule has 0 saturated heterocycles. The van der Waals surface area contributed by atoms with Crippen LogP contribution in [0.15, 0.2) is 52.9 Å². The largest absolute Gasteiger partial charge is 0.453 e. The summed E-state index contributed by atoms with van der Waals surface area (Å²) in [4.78, 5) is 12.2. The third-order valence-electron chi connectivity index (χ3n) is 2.88. The molecular weight excluding hydrogens is 245 g/mol. The number of fused-ring (bicyclic) bond motifs is 1. The number of carbonyl (C=O) groups is 1. The van der Waals surface area contributed by atoms with Crippen molar-refractivity contribution in [2.45, 2.75) is 0 Å². The molecule has 0 amide bonds. The van der Waals surface area contributed by atoms with Crippen molar-refractivity contribution < 1.29 is 13.6 Å². The molecule has 0 bridgehead atoms. The van der Waals surface area contributed by atoms with Gasteiger partial charge in [-0.3, -0.25) is 4.79 Å². The number of nitrogen functional groups attached to an aromatic ring is 1. The van der Waals surface area contributed by atoms with Gasteiger partial charge in [-0.25, -0.2) is 4.39 Å². The standard InChI is InChI=1S/C15H10FNO2/c16-11-3-6-13-10(7-11)8-14(19-13)15(18)9-1-4-12(17)5-2-9/h1-8H,17H2. The van der Waals surface area contributed by atoms with Gasteiger partial charge < -0.3 is 10.2 Å². The summed E-state index contributed by atoms with van der Waals surface area (Å²) in [6, 6.07) is 12.2. The van der Waals surface area contributed by atoms with E-state index in [1.54, 1.807) is 24.3 Å². The predicted molar refractivity (Wildman–Crippen MR) is 70.5 cm³/mol. The molecule has 3 nitrogen and oxygen atoms in total. The van der Waals surface area contributed by atoms with Crippen LogP contribution in [0, 0.1) is 5.82 Å². The molecule has 0 spiro atoms. The molecule has 3 aromatic rings. The van der Waals surface area contributed by atoms with Gasteiger partial charge in [0.1, 0.15) is 11.4 Å².